The summed E-state index contributed by atoms with van der Waals surface area (Å²) < 4.78 is 17.7. The Bertz CT molecular complexity index is 1040. The van der Waals surface area contributed by atoms with E-state index in [0.29, 0.717) is 36.0 Å². The van der Waals surface area contributed by atoms with Crippen molar-refractivity contribution in [1.29, 1.82) is 0 Å². The zero-order chi connectivity index (χ0) is 23.2. The van der Waals surface area contributed by atoms with Crippen LogP contribution in [-0.2, 0) is 14.3 Å². The van der Waals surface area contributed by atoms with Gasteiger partial charge in [0.1, 0.15) is 5.58 Å². The molecule has 2 N–H and O–H groups in total. The van der Waals surface area contributed by atoms with Gasteiger partial charge < -0.3 is 24.3 Å². The number of ether oxygens (including phenoxy) is 2. The van der Waals surface area contributed by atoms with Gasteiger partial charge in [0.2, 0.25) is 6.29 Å². The zero-order valence-corrected chi connectivity index (χ0v) is 19.1. The number of hydrogen-bond acceptors (Lipinski definition) is 6. The second-order valence-corrected chi connectivity index (χ2v) is 8.85. The van der Waals surface area contributed by atoms with Gasteiger partial charge in [-0.25, -0.2) is 0 Å². The minimum Gasteiger partial charge on any atom is -0.464 e. The molecule has 2 aromatic rings. The summed E-state index contributed by atoms with van der Waals surface area (Å²) in [6.45, 7) is 2.29. The number of rotatable bonds is 8. The molecule has 7 nitrogen and oxygen atoms in total. The predicted octanol–water partition coefficient (Wildman–Crippen LogP) is 3.99. The second kappa shape index (κ2) is 11.0. The topological polar surface area (TPSA) is 98.0 Å². The average Bonchev–Trinajstić information content (AvgIpc) is 2.84. The molecule has 33 heavy (non-hydrogen) atoms. The van der Waals surface area contributed by atoms with E-state index < -0.39 is 12.2 Å². The van der Waals surface area contributed by atoms with Gasteiger partial charge in [-0.1, -0.05) is 31.4 Å². The summed E-state index contributed by atoms with van der Waals surface area (Å²) in [6.07, 6.45) is 8.97. The number of aliphatic hydroxyl groups excluding tert-OH is 1. The van der Waals surface area contributed by atoms with Crippen molar-refractivity contribution >= 4 is 16.9 Å². The molecule has 0 saturated heterocycles. The molecule has 1 aromatic heterocycles. The molecule has 1 aromatic carbocycles. The number of nitrogens with one attached hydrogen (secondary N) is 1. The Balaban J connectivity index is 1.71. The van der Waals surface area contributed by atoms with Crippen LogP contribution in [0.5, 0.6) is 0 Å². The van der Waals surface area contributed by atoms with Crippen molar-refractivity contribution in [3.05, 3.63) is 58.2 Å². The summed E-state index contributed by atoms with van der Waals surface area (Å²) in [5.74, 6) is -0.776. The van der Waals surface area contributed by atoms with E-state index in [9.17, 15) is 14.7 Å². The quantitative estimate of drug-likeness (QED) is 0.625. The molecule has 1 aliphatic heterocycles. The number of carbonyl (C=O) groups is 1. The molecule has 2 aliphatic rings. The second-order valence-electron chi connectivity index (χ2n) is 8.85. The van der Waals surface area contributed by atoms with Crippen molar-refractivity contribution in [3.63, 3.8) is 0 Å². The smallest absolute Gasteiger partial charge is 0.286 e. The molecule has 4 rings (SSSR count). The molecule has 1 aliphatic carbocycles. The molecule has 1 amide bonds. The monoisotopic (exact) mass is 455 g/mol. The van der Waals surface area contributed by atoms with Gasteiger partial charge in [-0.05, 0) is 50.8 Å². The number of aliphatic hydroxyl groups is 1. The number of para-hydroxylation sites is 1. The van der Waals surface area contributed by atoms with Crippen LogP contribution in [0.25, 0.3) is 11.0 Å². The zero-order valence-electron chi connectivity index (χ0n) is 19.1. The molecular formula is C26H33NO6. The molecule has 2 heterocycles. The fourth-order valence-corrected chi connectivity index (χ4v) is 4.95. The normalized spacial score (nSPS) is 23.7. The van der Waals surface area contributed by atoms with Gasteiger partial charge in [-0.3, -0.25) is 9.59 Å². The van der Waals surface area contributed by atoms with Crippen molar-refractivity contribution in [2.45, 2.75) is 70.1 Å². The minimum absolute atomic E-state index is 0.0210. The molecule has 0 bridgehead atoms. The van der Waals surface area contributed by atoms with Crippen molar-refractivity contribution in [2.75, 3.05) is 13.2 Å². The van der Waals surface area contributed by atoms with E-state index in [2.05, 4.69) is 5.32 Å². The highest BCUT2D eigenvalue weighted by Crippen LogP contribution is 2.39. The lowest BCUT2D eigenvalue weighted by Crippen LogP contribution is -2.42. The highest BCUT2D eigenvalue weighted by molar-refractivity contribution is 5.92. The van der Waals surface area contributed by atoms with Crippen LogP contribution >= 0.6 is 0 Å². The number of hydrogen-bond donors (Lipinski definition) is 2. The van der Waals surface area contributed by atoms with E-state index in [0.717, 1.165) is 25.7 Å². The van der Waals surface area contributed by atoms with Gasteiger partial charge in [-0.2, -0.15) is 0 Å². The van der Waals surface area contributed by atoms with Crippen LogP contribution in [0.1, 0.15) is 63.4 Å². The largest absolute Gasteiger partial charge is 0.464 e. The van der Waals surface area contributed by atoms with Gasteiger partial charge in [0.25, 0.3) is 5.91 Å². The average molecular weight is 456 g/mol. The fourth-order valence-electron chi connectivity index (χ4n) is 4.95. The van der Waals surface area contributed by atoms with Crippen LogP contribution in [0.3, 0.4) is 0 Å². The SMILES string of the molecule is CCO[C@@H]1OC(C(=O)NC2CCCCC2)=C[C@H](c2coc3ccccc3c2=O)[C@H]1CCCO. The van der Waals surface area contributed by atoms with E-state index in [4.69, 9.17) is 13.9 Å². The van der Waals surface area contributed by atoms with Crippen LogP contribution in [0.4, 0.5) is 0 Å². The Kier molecular flexibility index (Phi) is 7.83. The number of allylic oxidation sites excluding steroid dienone is 1. The molecule has 0 unspecified atom stereocenters. The summed E-state index contributed by atoms with van der Waals surface area (Å²) in [5, 5.41) is 13.0. The maximum absolute atomic E-state index is 13.4. The lowest BCUT2D eigenvalue weighted by atomic mass is 9.81. The van der Waals surface area contributed by atoms with Crippen LogP contribution in [-0.4, -0.2) is 36.6 Å². The molecule has 0 spiro atoms. The summed E-state index contributed by atoms with van der Waals surface area (Å²) in [7, 11) is 0. The van der Waals surface area contributed by atoms with Gasteiger partial charge in [0, 0.05) is 36.7 Å². The van der Waals surface area contributed by atoms with Crippen LogP contribution in [0.15, 0.2) is 51.6 Å². The van der Waals surface area contributed by atoms with Crippen molar-refractivity contribution in [2.24, 2.45) is 5.92 Å². The summed E-state index contributed by atoms with van der Waals surface area (Å²) >= 11 is 0. The van der Waals surface area contributed by atoms with E-state index in [1.807, 2.05) is 13.0 Å². The van der Waals surface area contributed by atoms with E-state index in [1.165, 1.54) is 12.7 Å². The molecule has 7 heteroatoms. The summed E-state index contributed by atoms with van der Waals surface area (Å²) in [4.78, 5) is 26.5. The van der Waals surface area contributed by atoms with Crippen molar-refractivity contribution in [3.8, 4) is 0 Å². The molecule has 178 valence electrons. The Morgan fingerprint density at radius 2 is 2.00 bits per heavy atom. The third-order valence-corrected chi connectivity index (χ3v) is 6.64. The minimum atomic E-state index is -0.700. The molecule has 1 fully saturated rings. The number of carbonyl (C=O) groups excluding carboxylic acids is 1. The Morgan fingerprint density at radius 1 is 1.21 bits per heavy atom. The first-order valence-corrected chi connectivity index (χ1v) is 12.0. The Morgan fingerprint density at radius 3 is 2.76 bits per heavy atom. The summed E-state index contributed by atoms with van der Waals surface area (Å²) in [6, 6.07) is 7.26. The van der Waals surface area contributed by atoms with Gasteiger partial charge in [-0.15, -0.1) is 0 Å². The van der Waals surface area contributed by atoms with Gasteiger partial charge >= 0.3 is 0 Å². The van der Waals surface area contributed by atoms with Crippen molar-refractivity contribution < 1.29 is 23.8 Å². The number of benzene rings is 1. The standard InChI is InChI=1S/C26H33NO6/c1-2-31-26-18(12-8-14-28)20(21-16-32-22-13-7-6-11-19(22)24(21)29)15-23(33-26)25(30)27-17-9-4-3-5-10-17/h6-7,11,13,15-18,20,26,28H,2-5,8-10,12,14H2,1H3,(H,27,30)/t18-,20+,26-/m1/s1. The predicted molar refractivity (Wildman–Crippen MR) is 125 cm³/mol. The maximum atomic E-state index is 13.4. The lowest BCUT2D eigenvalue weighted by Gasteiger charge is -2.37. The van der Waals surface area contributed by atoms with Gasteiger partial charge in [0.05, 0.1) is 11.6 Å². The number of fused-ring (bicyclic) bond motifs is 1. The molecule has 1 saturated carbocycles. The maximum Gasteiger partial charge on any atom is 0.286 e. The van der Waals surface area contributed by atoms with Gasteiger partial charge in [0.15, 0.2) is 11.2 Å². The lowest BCUT2D eigenvalue weighted by molar-refractivity contribution is -0.167. The first-order chi connectivity index (χ1) is 16.1. The van der Waals surface area contributed by atoms with E-state index in [-0.39, 0.29) is 35.7 Å². The molecule has 0 radical (unpaired) electrons. The van der Waals surface area contributed by atoms with Crippen molar-refractivity contribution in [1.82, 2.24) is 5.32 Å². The highest BCUT2D eigenvalue weighted by Gasteiger charge is 2.39. The molecule has 3 atom stereocenters. The van der Waals surface area contributed by atoms with E-state index in [1.54, 1.807) is 24.3 Å². The first kappa shape index (κ1) is 23.5. The van der Waals surface area contributed by atoms with E-state index >= 15 is 0 Å². The van der Waals surface area contributed by atoms with Crippen LogP contribution in [0.2, 0.25) is 0 Å². The molecular weight excluding hydrogens is 422 g/mol. The third-order valence-electron chi connectivity index (χ3n) is 6.64. The fraction of sp³-hybridized carbons (Fsp3) is 0.538. The Labute approximate surface area is 193 Å². The third kappa shape index (κ3) is 5.31. The number of amides is 1. The van der Waals surface area contributed by atoms with Crippen LogP contribution < -0.4 is 10.7 Å². The first-order valence-electron chi connectivity index (χ1n) is 12.0. The van der Waals surface area contributed by atoms with Crippen LogP contribution in [0, 0.1) is 5.92 Å². The summed E-state index contributed by atoms with van der Waals surface area (Å²) in [5.41, 5.74) is 0.856. The Hall–Kier alpha value is -2.64. The highest BCUT2D eigenvalue weighted by atomic mass is 16.7.